The number of nitrogens with zero attached hydrogens (tertiary/aromatic N) is 1. The molecule has 1 atom stereocenters. The van der Waals surface area contributed by atoms with Gasteiger partial charge < -0.3 is 9.53 Å². The molecule has 0 bridgehead atoms. The topological polar surface area (TPSA) is 72.0 Å². The van der Waals surface area contributed by atoms with Crippen molar-refractivity contribution >= 4 is 24.7 Å². The summed E-state index contributed by atoms with van der Waals surface area (Å²) < 4.78 is 31.7. The Morgan fingerprint density at radius 1 is 1.02 bits per heavy atom. The number of ketones is 1. The molecule has 1 unspecified atom stereocenters. The molecule has 0 spiro atoms. The highest BCUT2D eigenvalue weighted by Gasteiger charge is 2.25. The summed E-state index contributed by atoms with van der Waals surface area (Å²) in [7, 11) is 1.54. The first-order chi connectivity index (χ1) is 23.5. The smallest absolute Gasteiger partial charge is 0.177 e. The summed E-state index contributed by atoms with van der Waals surface area (Å²) in [6.07, 6.45) is 11.2. The van der Waals surface area contributed by atoms with Gasteiger partial charge in [0, 0.05) is 25.0 Å². The van der Waals surface area contributed by atoms with Gasteiger partial charge in [-0.3, -0.25) is 9.89 Å². The van der Waals surface area contributed by atoms with Gasteiger partial charge >= 0.3 is 0 Å². The molecule has 0 saturated heterocycles. The van der Waals surface area contributed by atoms with Crippen molar-refractivity contribution < 1.29 is 23.1 Å². The molecule has 3 aromatic rings. The molecule has 0 radical (unpaired) electrons. The number of ether oxygens (including phenoxy) is 1. The summed E-state index contributed by atoms with van der Waals surface area (Å²) in [6.45, 7) is 22.2. The zero-order valence-corrected chi connectivity index (χ0v) is 33.9. The lowest BCUT2D eigenvalue weighted by molar-refractivity contribution is -0.109. The van der Waals surface area contributed by atoms with Crippen LogP contribution in [0, 0.1) is 35.8 Å². The Morgan fingerprint density at radius 3 is 2.08 bits per heavy atom. The van der Waals surface area contributed by atoms with E-state index >= 15 is 0 Å². The van der Waals surface area contributed by atoms with Crippen LogP contribution in [0.1, 0.15) is 142 Å². The fourth-order valence-electron chi connectivity index (χ4n) is 5.38. The minimum absolute atomic E-state index is 0.0462. The van der Waals surface area contributed by atoms with Gasteiger partial charge in [0.15, 0.2) is 5.78 Å². The Bertz CT molecular complexity index is 1390. The van der Waals surface area contributed by atoms with Crippen LogP contribution in [0.4, 0.5) is 8.78 Å². The zero-order valence-electron chi connectivity index (χ0n) is 33.0. The van der Waals surface area contributed by atoms with Crippen LogP contribution in [0.25, 0.3) is 11.3 Å². The van der Waals surface area contributed by atoms with Gasteiger partial charge in [0.2, 0.25) is 0 Å². The third-order valence-corrected chi connectivity index (χ3v) is 9.05. The summed E-state index contributed by atoms with van der Waals surface area (Å²) in [4.78, 5) is 21.7. The first kappa shape index (κ1) is 47.0. The number of Topliss-reactive ketones (excluding diaryl/α,β-unsaturated/α-hetero) is 1. The maximum absolute atomic E-state index is 13.6. The van der Waals surface area contributed by atoms with Crippen molar-refractivity contribution in [2.75, 3.05) is 12.9 Å². The van der Waals surface area contributed by atoms with Crippen molar-refractivity contribution in [3.8, 4) is 17.0 Å². The van der Waals surface area contributed by atoms with Gasteiger partial charge in [0.25, 0.3) is 0 Å². The first-order valence-corrected chi connectivity index (χ1v) is 18.9. The number of methoxy groups -OCH3 is 1. The van der Waals surface area contributed by atoms with E-state index in [1.165, 1.54) is 57.6 Å². The second-order valence-electron chi connectivity index (χ2n) is 14.4. The average molecular weight is 717 g/mol. The summed E-state index contributed by atoms with van der Waals surface area (Å²) in [5.74, 6) is 2.71. The number of rotatable bonds is 9. The number of hydrogen-bond acceptors (Lipinski definition) is 5. The van der Waals surface area contributed by atoms with Crippen molar-refractivity contribution in [2.45, 2.75) is 133 Å². The van der Waals surface area contributed by atoms with E-state index in [9.17, 15) is 18.4 Å². The minimum Gasteiger partial charge on any atom is -0.497 e. The van der Waals surface area contributed by atoms with Crippen LogP contribution < -0.4 is 4.74 Å². The number of aromatic nitrogens is 2. The van der Waals surface area contributed by atoms with E-state index in [4.69, 9.17) is 4.74 Å². The van der Waals surface area contributed by atoms with E-state index in [0.29, 0.717) is 22.7 Å². The number of aromatic amines is 1. The Kier molecular flexibility index (Phi) is 22.8. The lowest BCUT2D eigenvalue weighted by Gasteiger charge is -2.31. The third kappa shape index (κ3) is 17.8. The van der Waals surface area contributed by atoms with Gasteiger partial charge in [-0.15, -0.1) is 0 Å². The molecule has 1 saturated carbocycles. The maximum atomic E-state index is 13.6. The van der Waals surface area contributed by atoms with Crippen molar-refractivity contribution in [1.29, 1.82) is 0 Å². The molecular formula is C42H66F2N2O3S. The SMILES string of the molecule is CC.CC(=O)c1cc(-c2ccc(C)cc2F)n[nH]1.CCC(C)(CC=O)CCC1CCC(C)CC1.CCS.COc1cc(F)cc(C(C)(C)C)c1. The molecule has 4 rings (SSSR count). The monoisotopic (exact) mass is 716 g/mol. The van der Waals surface area contributed by atoms with E-state index in [1.54, 1.807) is 31.4 Å². The van der Waals surface area contributed by atoms with Crippen LogP contribution in [0.5, 0.6) is 5.75 Å². The van der Waals surface area contributed by atoms with Gasteiger partial charge in [-0.25, -0.2) is 8.78 Å². The third-order valence-electron chi connectivity index (χ3n) is 9.05. The number of carbonyl (C=O) groups is 2. The maximum Gasteiger partial charge on any atom is 0.177 e. The average Bonchev–Trinajstić information content (AvgIpc) is 3.56. The number of halogens is 2. The molecular weight excluding hydrogens is 651 g/mol. The zero-order chi connectivity index (χ0) is 38.5. The standard InChI is InChI=1S/C15H28O.C12H11FN2O.C11H15FO.C2H6S.C2H6/c1-4-15(3,11-12-16)10-9-14-7-5-13(2)6-8-14;1-7-3-4-9(10(13)5-7)12-6-11(8(2)16)14-15-12;1-11(2,3)8-5-9(12)7-10(6-8)13-4;1-2-3;1-2/h12-14H,4-11H2,1-3H3;3-6H,1-2H3,(H,14,15);5-7H,1-4H3;3H,2H2,1H3;1-2H3. The number of hydrogen-bond donors (Lipinski definition) is 2. The normalized spacial score (nSPS) is 16.3. The molecule has 1 aromatic heterocycles. The molecule has 5 nitrogen and oxygen atoms in total. The predicted molar refractivity (Wildman–Crippen MR) is 211 cm³/mol. The van der Waals surface area contributed by atoms with E-state index in [-0.39, 0.29) is 28.2 Å². The summed E-state index contributed by atoms with van der Waals surface area (Å²) in [5.41, 5.74) is 3.25. The lowest BCUT2D eigenvalue weighted by Crippen LogP contribution is -2.19. The molecule has 282 valence electrons. The highest BCUT2D eigenvalue weighted by molar-refractivity contribution is 7.80. The number of aryl methyl sites for hydroxylation is 1. The van der Waals surface area contributed by atoms with Gasteiger partial charge in [-0.05, 0) is 89.6 Å². The van der Waals surface area contributed by atoms with Crippen molar-refractivity contribution in [1.82, 2.24) is 10.2 Å². The van der Waals surface area contributed by atoms with Gasteiger partial charge in [-0.2, -0.15) is 17.7 Å². The van der Waals surface area contributed by atoms with Crippen LogP contribution in [-0.2, 0) is 10.2 Å². The number of carbonyl (C=O) groups excluding carboxylic acids is 2. The van der Waals surface area contributed by atoms with Gasteiger partial charge in [0.1, 0.15) is 29.4 Å². The molecule has 8 heteroatoms. The second kappa shape index (κ2) is 24.2. The van der Waals surface area contributed by atoms with E-state index < -0.39 is 0 Å². The van der Waals surface area contributed by atoms with Crippen LogP contribution in [-0.4, -0.2) is 35.1 Å². The Morgan fingerprint density at radius 2 is 1.62 bits per heavy atom. The highest BCUT2D eigenvalue weighted by Crippen LogP contribution is 2.37. The highest BCUT2D eigenvalue weighted by atomic mass is 32.1. The fraction of sp³-hybridized carbons (Fsp3) is 0.595. The number of thiol groups is 1. The van der Waals surface area contributed by atoms with Crippen LogP contribution in [0.2, 0.25) is 0 Å². The number of nitrogens with one attached hydrogen (secondary N) is 1. The number of aldehydes is 1. The Balaban J connectivity index is 0.000000679. The molecule has 2 aromatic carbocycles. The van der Waals surface area contributed by atoms with Crippen LogP contribution in [0.15, 0.2) is 42.5 Å². The van der Waals surface area contributed by atoms with E-state index in [1.807, 2.05) is 54.5 Å². The summed E-state index contributed by atoms with van der Waals surface area (Å²) in [6, 6.07) is 11.2. The van der Waals surface area contributed by atoms with Crippen LogP contribution in [0.3, 0.4) is 0 Å². The predicted octanol–water partition coefficient (Wildman–Crippen LogP) is 12.4. The van der Waals surface area contributed by atoms with Gasteiger partial charge in [0.05, 0.1) is 12.8 Å². The molecule has 1 heterocycles. The molecule has 1 aliphatic rings. The summed E-state index contributed by atoms with van der Waals surface area (Å²) in [5, 5.41) is 6.49. The minimum atomic E-state index is -0.332. The second-order valence-corrected chi connectivity index (χ2v) is 15.0. The Hall–Kier alpha value is -3.00. The van der Waals surface area contributed by atoms with Crippen molar-refractivity contribution in [2.24, 2.45) is 17.3 Å². The first-order valence-electron chi connectivity index (χ1n) is 18.2. The van der Waals surface area contributed by atoms with Crippen LogP contribution >= 0.6 is 12.6 Å². The van der Waals surface area contributed by atoms with Crippen molar-refractivity contribution in [3.05, 3.63) is 70.9 Å². The molecule has 0 amide bonds. The Labute approximate surface area is 308 Å². The molecule has 1 aliphatic carbocycles. The molecule has 1 fully saturated rings. The molecule has 50 heavy (non-hydrogen) atoms. The molecule has 0 aliphatic heterocycles. The quantitative estimate of drug-likeness (QED) is 0.131. The largest absolute Gasteiger partial charge is 0.497 e. The van der Waals surface area contributed by atoms with E-state index in [0.717, 1.165) is 47.8 Å². The fourth-order valence-corrected chi connectivity index (χ4v) is 5.38. The number of H-pyrrole nitrogens is 1. The summed E-state index contributed by atoms with van der Waals surface area (Å²) >= 11 is 3.79. The number of benzene rings is 2. The van der Waals surface area contributed by atoms with Crippen molar-refractivity contribution in [3.63, 3.8) is 0 Å². The molecule has 1 N–H and O–H groups in total. The van der Waals surface area contributed by atoms with E-state index in [2.05, 4.69) is 43.6 Å². The lowest BCUT2D eigenvalue weighted by atomic mass is 9.74. The van der Waals surface area contributed by atoms with Gasteiger partial charge in [-0.1, -0.05) is 100 Å².